The lowest BCUT2D eigenvalue weighted by molar-refractivity contribution is -0.145. The Morgan fingerprint density at radius 2 is 1.55 bits per heavy atom. The molecule has 0 radical (unpaired) electrons. The van der Waals surface area contributed by atoms with Crippen LogP contribution in [0.5, 0.6) is 0 Å². The van der Waals surface area contributed by atoms with Crippen molar-refractivity contribution in [3.8, 4) is 0 Å². The van der Waals surface area contributed by atoms with Crippen LogP contribution < -0.4 is 10.6 Å². The van der Waals surface area contributed by atoms with Crippen molar-refractivity contribution < 1.29 is 19.1 Å². The van der Waals surface area contributed by atoms with Crippen LogP contribution in [0.4, 0.5) is 4.79 Å². The Morgan fingerprint density at radius 3 is 2.03 bits per heavy atom. The molecule has 7 nitrogen and oxygen atoms in total. The van der Waals surface area contributed by atoms with Crippen LogP contribution in [0, 0.1) is 5.92 Å². The Hall–Kier alpha value is -2.22. The zero-order valence-electron chi connectivity index (χ0n) is 25.2. The van der Waals surface area contributed by atoms with Crippen molar-refractivity contribution in [2.24, 2.45) is 5.92 Å². The molecule has 0 saturated carbocycles. The van der Waals surface area contributed by atoms with E-state index in [1.54, 1.807) is 37.4 Å². The summed E-state index contributed by atoms with van der Waals surface area (Å²) in [6.07, 6.45) is 4.29. The monoisotopic (exact) mass is 549 g/mol. The third kappa shape index (κ3) is 11.7. The lowest BCUT2D eigenvalue weighted by Crippen LogP contribution is -2.56. The van der Waals surface area contributed by atoms with Crippen molar-refractivity contribution in [2.75, 3.05) is 12.0 Å². The number of rotatable bonds is 14. The highest BCUT2D eigenvalue weighted by Gasteiger charge is 2.38. The topological polar surface area (TPSA) is 87.7 Å². The van der Waals surface area contributed by atoms with Gasteiger partial charge in [0, 0.05) is 12.1 Å². The van der Waals surface area contributed by atoms with Gasteiger partial charge in [0.15, 0.2) is 0 Å². The first-order valence-corrected chi connectivity index (χ1v) is 15.3. The number of carbonyl (C=O) groups excluding carboxylic acids is 3. The van der Waals surface area contributed by atoms with Gasteiger partial charge in [-0.05, 0) is 96.3 Å². The van der Waals surface area contributed by atoms with Gasteiger partial charge in [0.2, 0.25) is 11.8 Å². The molecule has 38 heavy (non-hydrogen) atoms. The number of benzene rings is 1. The maximum Gasteiger partial charge on any atom is 0.408 e. The number of nitrogens with one attached hydrogen (secondary N) is 2. The van der Waals surface area contributed by atoms with Gasteiger partial charge in [0.1, 0.15) is 17.7 Å². The van der Waals surface area contributed by atoms with Crippen LogP contribution in [0.1, 0.15) is 98.7 Å². The van der Waals surface area contributed by atoms with E-state index < -0.39 is 23.8 Å². The van der Waals surface area contributed by atoms with Crippen LogP contribution in [-0.4, -0.2) is 58.5 Å². The third-order valence-electron chi connectivity index (χ3n) is 6.15. The lowest BCUT2D eigenvalue weighted by atomic mass is 9.96. The van der Waals surface area contributed by atoms with E-state index in [4.69, 9.17) is 4.74 Å². The van der Waals surface area contributed by atoms with Crippen LogP contribution in [0.15, 0.2) is 24.3 Å². The average molecular weight is 550 g/mol. The molecule has 0 saturated heterocycles. The second kappa shape index (κ2) is 16.0. The standard InChI is InChI=1S/C30H51N3O4S/c1-11-23-14-16-24(17-15-23)26(27(34)31-21(4)5)33(22(6)13-12-20(2)3)28(35)25(18-19-38-10)32-29(36)37-30(7,8)9/h14-17,20-22,25-26H,11-13,18-19H2,1-10H3,(H,31,34)(H,32,36). The summed E-state index contributed by atoms with van der Waals surface area (Å²) in [6, 6.07) is 5.95. The fourth-order valence-electron chi connectivity index (χ4n) is 4.17. The number of aryl methyl sites for hydroxylation is 1. The highest BCUT2D eigenvalue weighted by Crippen LogP contribution is 2.28. The van der Waals surface area contributed by atoms with Gasteiger partial charge in [-0.3, -0.25) is 9.59 Å². The molecule has 8 heteroatoms. The van der Waals surface area contributed by atoms with E-state index in [-0.39, 0.29) is 23.9 Å². The third-order valence-corrected chi connectivity index (χ3v) is 6.80. The summed E-state index contributed by atoms with van der Waals surface area (Å²) in [5, 5.41) is 5.85. The summed E-state index contributed by atoms with van der Waals surface area (Å²) in [7, 11) is 0. The number of carbonyl (C=O) groups is 3. The lowest BCUT2D eigenvalue weighted by Gasteiger charge is -2.39. The molecule has 0 aliphatic heterocycles. The molecular formula is C30H51N3O4S. The first kappa shape index (κ1) is 33.8. The molecule has 1 aromatic carbocycles. The van der Waals surface area contributed by atoms with E-state index >= 15 is 0 Å². The zero-order chi connectivity index (χ0) is 29.0. The Labute approximate surface area is 235 Å². The maximum absolute atomic E-state index is 14.3. The summed E-state index contributed by atoms with van der Waals surface area (Å²) in [5.41, 5.74) is 1.22. The second-order valence-electron chi connectivity index (χ2n) is 11.7. The molecule has 0 aromatic heterocycles. The predicted octanol–water partition coefficient (Wildman–Crippen LogP) is 6.11. The molecule has 0 bridgehead atoms. The summed E-state index contributed by atoms with van der Waals surface area (Å²) in [4.78, 5) is 42.5. The first-order valence-electron chi connectivity index (χ1n) is 13.9. The van der Waals surface area contributed by atoms with Crippen molar-refractivity contribution in [1.82, 2.24) is 15.5 Å². The molecule has 1 rings (SSSR count). The number of hydrogen-bond donors (Lipinski definition) is 2. The van der Waals surface area contributed by atoms with E-state index in [1.807, 2.05) is 51.3 Å². The normalized spacial score (nSPS) is 14.1. The molecule has 3 atom stereocenters. The van der Waals surface area contributed by atoms with Crippen LogP contribution in [0.2, 0.25) is 0 Å². The van der Waals surface area contributed by atoms with Crippen LogP contribution in [0.3, 0.4) is 0 Å². The molecule has 1 aromatic rings. The fourth-order valence-corrected chi connectivity index (χ4v) is 4.64. The van der Waals surface area contributed by atoms with Crippen molar-refractivity contribution >= 4 is 29.7 Å². The van der Waals surface area contributed by atoms with E-state index in [2.05, 4.69) is 31.4 Å². The van der Waals surface area contributed by atoms with Crippen molar-refractivity contribution in [1.29, 1.82) is 0 Å². The van der Waals surface area contributed by atoms with Gasteiger partial charge in [-0.15, -0.1) is 0 Å². The molecule has 3 unspecified atom stereocenters. The average Bonchev–Trinajstić information content (AvgIpc) is 2.81. The van der Waals surface area contributed by atoms with Crippen LogP contribution in [-0.2, 0) is 20.7 Å². The van der Waals surface area contributed by atoms with Gasteiger partial charge < -0.3 is 20.3 Å². The number of ether oxygens (including phenoxy) is 1. The quantitative estimate of drug-likeness (QED) is 0.292. The highest BCUT2D eigenvalue weighted by molar-refractivity contribution is 7.98. The predicted molar refractivity (Wildman–Crippen MR) is 158 cm³/mol. The molecular weight excluding hydrogens is 498 g/mol. The largest absolute Gasteiger partial charge is 0.444 e. The summed E-state index contributed by atoms with van der Waals surface area (Å²) in [6.45, 7) is 17.6. The van der Waals surface area contributed by atoms with E-state index in [1.165, 1.54) is 0 Å². The minimum absolute atomic E-state index is 0.0880. The molecule has 0 aliphatic rings. The molecule has 3 amide bonds. The molecule has 0 spiro atoms. The van der Waals surface area contributed by atoms with Gasteiger partial charge in [-0.2, -0.15) is 11.8 Å². The van der Waals surface area contributed by atoms with Crippen molar-refractivity contribution in [2.45, 2.75) is 118 Å². The van der Waals surface area contributed by atoms with Gasteiger partial charge in [-0.25, -0.2) is 4.79 Å². The smallest absolute Gasteiger partial charge is 0.408 e. The van der Waals surface area contributed by atoms with E-state index in [9.17, 15) is 14.4 Å². The SMILES string of the molecule is CCc1ccc(C(C(=O)NC(C)C)N(C(=O)C(CCSC)NC(=O)OC(C)(C)C)C(C)CCC(C)C)cc1. The minimum atomic E-state index is -0.824. The number of nitrogens with zero attached hydrogens (tertiary/aromatic N) is 1. The number of amides is 3. The maximum atomic E-state index is 14.3. The van der Waals surface area contributed by atoms with Gasteiger partial charge in [-0.1, -0.05) is 45.0 Å². The molecule has 0 fully saturated rings. The van der Waals surface area contributed by atoms with Crippen molar-refractivity contribution in [3.05, 3.63) is 35.4 Å². The Morgan fingerprint density at radius 1 is 0.947 bits per heavy atom. The van der Waals surface area contributed by atoms with Gasteiger partial charge in [0.05, 0.1) is 0 Å². The van der Waals surface area contributed by atoms with Gasteiger partial charge >= 0.3 is 6.09 Å². The number of alkyl carbamates (subject to hydrolysis) is 1. The first-order chi connectivity index (χ1) is 17.7. The van der Waals surface area contributed by atoms with Crippen LogP contribution >= 0.6 is 11.8 Å². The Balaban J connectivity index is 3.59. The Bertz CT molecular complexity index is 880. The highest BCUT2D eigenvalue weighted by atomic mass is 32.2. The van der Waals surface area contributed by atoms with E-state index in [0.29, 0.717) is 18.1 Å². The minimum Gasteiger partial charge on any atom is -0.444 e. The molecule has 216 valence electrons. The van der Waals surface area contributed by atoms with E-state index in [0.717, 1.165) is 30.4 Å². The number of hydrogen-bond acceptors (Lipinski definition) is 5. The fraction of sp³-hybridized carbons (Fsp3) is 0.700. The van der Waals surface area contributed by atoms with Gasteiger partial charge in [0.25, 0.3) is 0 Å². The second-order valence-corrected chi connectivity index (χ2v) is 12.7. The summed E-state index contributed by atoms with van der Waals surface area (Å²) in [5.74, 6) is 0.627. The molecule has 0 aliphatic carbocycles. The summed E-state index contributed by atoms with van der Waals surface area (Å²) < 4.78 is 5.48. The summed E-state index contributed by atoms with van der Waals surface area (Å²) >= 11 is 1.60. The molecule has 2 N–H and O–H groups in total. The number of thioether (sulfide) groups is 1. The molecule has 0 heterocycles. The zero-order valence-corrected chi connectivity index (χ0v) is 26.0. The van der Waals surface area contributed by atoms with Crippen molar-refractivity contribution in [3.63, 3.8) is 0 Å². The van der Waals surface area contributed by atoms with Crippen LogP contribution in [0.25, 0.3) is 0 Å². The Kier molecular flexibility index (Phi) is 14.2.